The molecular weight excluding hydrogens is 248 g/mol. The van der Waals surface area contributed by atoms with Crippen molar-refractivity contribution in [3.05, 3.63) is 0 Å². The summed E-state index contributed by atoms with van der Waals surface area (Å²) in [6.45, 7) is 10.1. The minimum atomic E-state index is 0.382. The number of carbonyl (C=O) groups is 1. The molecule has 2 atom stereocenters. The van der Waals surface area contributed by atoms with Crippen LogP contribution in [0, 0.1) is 11.3 Å². The topological polar surface area (TPSA) is 32.3 Å². The molecule has 0 bridgehead atoms. The van der Waals surface area contributed by atoms with E-state index in [0.29, 0.717) is 17.4 Å². The van der Waals surface area contributed by atoms with Gasteiger partial charge >= 0.3 is 0 Å². The number of hydrogen-bond acceptors (Lipinski definition) is 2. The van der Waals surface area contributed by atoms with Gasteiger partial charge in [-0.25, -0.2) is 0 Å². The van der Waals surface area contributed by atoms with Gasteiger partial charge in [-0.15, -0.1) is 0 Å². The van der Waals surface area contributed by atoms with Gasteiger partial charge in [0.1, 0.15) is 0 Å². The van der Waals surface area contributed by atoms with E-state index >= 15 is 0 Å². The van der Waals surface area contributed by atoms with E-state index in [2.05, 4.69) is 31.0 Å². The Morgan fingerprint density at radius 3 is 2.60 bits per heavy atom. The average Bonchev–Trinajstić information content (AvgIpc) is 2.76. The largest absolute Gasteiger partial charge is 0.343 e. The Hall–Kier alpha value is -0.570. The van der Waals surface area contributed by atoms with E-state index < -0.39 is 0 Å². The lowest BCUT2D eigenvalue weighted by molar-refractivity contribution is -0.131. The zero-order valence-electron chi connectivity index (χ0n) is 13.6. The molecule has 2 saturated heterocycles. The van der Waals surface area contributed by atoms with Crippen LogP contribution < -0.4 is 5.32 Å². The summed E-state index contributed by atoms with van der Waals surface area (Å²) < 4.78 is 0. The second kappa shape index (κ2) is 6.93. The summed E-state index contributed by atoms with van der Waals surface area (Å²) in [6, 6.07) is 0.591. The minimum absolute atomic E-state index is 0.382. The van der Waals surface area contributed by atoms with E-state index in [9.17, 15) is 4.79 Å². The number of hydrogen-bond donors (Lipinski definition) is 1. The molecule has 2 fully saturated rings. The zero-order valence-corrected chi connectivity index (χ0v) is 13.6. The van der Waals surface area contributed by atoms with Gasteiger partial charge in [-0.1, -0.05) is 20.8 Å². The van der Waals surface area contributed by atoms with Gasteiger partial charge in [-0.2, -0.15) is 0 Å². The van der Waals surface area contributed by atoms with Crippen LogP contribution in [-0.4, -0.2) is 36.5 Å². The lowest BCUT2D eigenvalue weighted by Crippen LogP contribution is -2.33. The van der Waals surface area contributed by atoms with Crippen molar-refractivity contribution < 1.29 is 4.79 Å². The van der Waals surface area contributed by atoms with Crippen molar-refractivity contribution in [1.29, 1.82) is 0 Å². The molecule has 2 unspecified atom stereocenters. The summed E-state index contributed by atoms with van der Waals surface area (Å²) in [5, 5.41) is 3.48. The average molecular weight is 280 g/mol. The molecule has 2 heterocycles. The summed E-state index contributed by atoms with van der Waals surface area (Å²) in [7, 11) is 0. The Labute approximate surface area is 124 Å². The van der Waals surface area contributed by atoms with Crippen molar-refractivity contribution in [3.8, 4) is 0 Å². The third kappa shape index (κ3) is 4.47. The quantitative estimate of drug-likeness (QED) is 0.861. The van der Waals surface area contributed by atoms with Crippen LogP contribution in [0.25, 0.3) is 0 Å². The maximum absolute atomic E-state index is 12.4. The molecule has 0 radical (unpaired) electrons. The van der Waals surface area contributed by atoms with Crippen LogP contribution in [-0.2, 0) is 4.79 Å². The van der Waals surface area contributed by atoms with E-state index in [1.165, 1.54) is 32.1 Å². The van der Waals surface area contributed by atoms with Gasteiger partial charge in [0.15, 0.2) is 0 Å². The molecular formula is C17H32N2O. The maximum atomic E-state index is 12.4. The monoisotopic (exact) mass is 280 g/mol. The molecule has 0 saturated carbocycles. The lowest BCUT2D eigenvalue weighted by Gasteiger charge is -2.29. The van der Waals surface area contributed by atoms with Gasteiger partial charge < -0.3 is 10.2 Å². The number of nitrogens with zero attached hydrogens (tertiary/aromatic N) is 1. The molecule has 3 heteroatoms. The summed E-state index contributed by atoms with van der Waals surface area (Å²) in [4.78, 5) is 14.5. The fourth-order valence-electron chi connectivity index (χ4n) is 3.67. The molecule has 0 spiro atoms. The molecule has 1 N–H and O–H groups in total. The van der Waals surface area contributed by atoms with E-state index in [-0.39, 0.29) is 0 Å². The Morgan fingerprint density at radius 1 is 1.15 bits per heavy atom. The Balaban J connectivity index is 1.76. The Kier molecular flexibility index (Phi) is 5.48. The van der Waals surface area contributed by atoms with E-state index in [1.54, 1.807) is 0 Å². The number of amides is 1. The number of carbonyl (C=O) groups excluding carboxylic acids is 1. The van der Waals surface area contributed by atoms with Gasteiger partial charge in [0.05, 0.1) is 0 Å². The van der Waals surface area contributed by atoms with Crippen LogP contribution in [0.5, 0.6) is 0 Å². The van der Waals surface area contributed by atoms with Crippen molar-refractivity contribution in [1.82, 2.24) is 10.2 Å². The predicted molar refractivity (Wildman–Crippen MR) is 83.6 cm³/mol. The first-order valence-corrected chi connectivity index (χ1v) is 8.48. The second-order valence-corrected chi connectivity index (χ2v) is 7.71. The van der Waals surface area contributed by atoms with Gasteiger partial charge in [-0.3, -0.25) is 4.79 Å². The molecule has 0 aromatic carbocycles. The summed E-state index contributed by atoms with van der Waals surface area (Å²) in [5.41, 5.74) is 0.382. The Morgan fingerprint density at radius 2 is 1.95 bits per heavy atom. The molecule has 0 aromatic heterocycles. The first kappa shape index (κ1) is 15.8. The third-order valence-corrected chi connectivity index (χ3v) is 5.17. The van der Waals surface area contributed by atoms with Crippen molar-refractivity contribution in [2.24, 2.45) is 11.3 Å². The standard InChI is InChI=1S/C17H32N2O/c1-17(2,3)14-6-5-12-19(13-10-14)16(20)9-8-15-7-4-11-18-15/h14-15,18H,4-13H2,1-3H3. The van der Waals surface area contributed by atoms with Gasteiger partial charge in [-0.05, 0) is 56.4 Å². The lowest BCUT2D eigenvalue weighted by atomic mass is 9.77. The summed E-state index contributed by atoms with van der Waals surface area (Å²) in [6.07, 6.45) is 7.91. The van der Waals surface area contributed by atoms with Crippen LogP contribution in [0.1, 0.15) is 65.7 Å². The highest BCUT2D eigenvalue weighted by atomic mass is 16.2. The predicted octanol–water partition coefficient (Wildman–Crippen LogP) is 3.19. The maximum Gasteiger partial charge on any atom is 0.222 e. The molecule has 1 amide bonds. The van der Waals surface area contributed by atoms with E-state index in [4.69, 9.17) is 0 Å². The fourth-order valence-corrected chi connectivity index (χ4v) is 3.67. The van der Waals surface area contributed by atoms with Crippen LogP contribution in [0.4, 0.5) is 0 Å². The SMILES string of the molecule is CC(C)(C)C1CCCN(C(=O)CCC2CCCN2)CC1. The molecule has 116 valence electrons. The smallest absolute Gasteiger partial charge is 0.222 e. The second-order valence-electron chi connectivity index (χ2n) is 7.71. The zero-order chi connectivity index (χ0) is 14.6. The van der Waals surface area contributed by atoms with Gasteiger partial charge in [0, 0.05) is 25.6 Å². The summed E-state index contributed by atoms with van der Waals surface area (Å²) in [5.74, 6) is 1.14. The van der Waals surface area contributed by atoms with Crippen molar-refractivity contribution in [2.75, 3.05) is 19.6 Å². The van der Waals surface area contributed by atoms with Crippen molar-refractivity contribution in [3.63, 3.8) is 0 Å². The molecule has 20 heavy (non-hydrogen) atoms. The molecule has 2 aliphatic heterocycles. The first-order chi connectivity index (χ1) is 9.47. The number of rotatable bonds is 3. The molecule has 2 rings (SSSR count). The highest BCUT2D eigenvalue weighted by molar-refractivity contribution is 5.76. The number of nitrogens with one attached hydrogen (secondary N) is 1. The van der Waals surface area contributed by atoms with Crippen molar-refractivity contribution in [2.45, 2.75) is 71.8 Å². The Bertz CT molecular complexity index is 315. The van der Waals surface area contributed by atoms with E-state index in [1.807, 2.05) is 0 Å². The number of likely N-dealkylation sites (tertiary alicyclic amines) is 1. The first-order valence-electron chi connectivity index (χ1n) is 8.48. The minimum Gasteiger partial charge on any atom is -0.343 e. The van der Waals surface area contributed by atoms with Crippen LogP contribution >= 0.6 is 0 Å². The normalized spacial score (nSPS) is 28.4. The fraction of sp³-hybridized carbons (Fsp3) is 0.941. The molecule has 0 aromatic rings. The molecule has 0 aliphatic carbocycles. The molecule has 2 aliphatic rings. The summed E-state index contributed by atoms with van der Waals surface area (Å²) >= 11 is 0. The van der Waals surface area contributed by atoms with Crippen LogP contribution in [0.3, 0.4) is 0 Å². The van der Waals surface area contributed by atoms with Crippen LogP contribution in [0.2, 0.25) is 0 Å². The highest BCUT2D eigenvalue weighted by Crippen LogP contribution is 2.34. The highest BCUT2D eigenvalue weighted by Gasteiger charge is 2.28. The third-order valence-electron chi connectivity index (χ3n) is 5.17. The van der Waals surface area contributed by atoms with Gasteiger partial charge in [0.25, 0.3) is 0 Å². The van der Waals surface area contributed by atoms with E-state index in [0.717, 1.165) is 38.4 Å². The van der Waals surface area contributed by atoms with Crippen LogP contribution in [0.15, 0.2) is 0 Å². The van der Waals surface area contributed by atoms with Gasteiger partial charge in [0.2, 0.25) is 5.91 Å². The molecule has 3 nitrogen and oxygen atoms in total. The van der Waals surface area contributed by atoms with Crippen molar-refractivity contribution >= 4 is 5.91 Å².